The van der Waals surface area contributed by atoms with Gasteiger partial charge in [0, 0.05) is 11.1 Å². The number of rotatable bonds is 2. The highest BCUT2D eigenvalue weighted by Crippen LogP contribution is 2.25. The molecule has 0 unspecified atom stereocenters. The van der Waals surface area contributed by atoms with Gasteiger partial charge in [0.15, 0.2) is 9.84 Å². The lowest BCUT2D eigenvalue weighted by Gasteiger charge is -2.14. The summed E-state index contributed by atoms with van der Waals surface area (Å²) < 4.78 is 22.6. The van der Waals surface area contributed by atoms with Crippen LogP contribution in [0.1, 0.15) is 6.42 Å². The third-order valence-electron chi connectivity index (χ3n) is 2.61. The third kappa shape index (κ3) is 2.59. The zero-order valence-electron chi connectivity index (χ0n) is 8.61. The van der Waals surface area contributed by atoms with E-state index in [9.17, 15) is 8.42 Å². The Kier molecular flexibility index (Phi) is 2.99. The Morgan fingerprint density at radius 3 is 2.75 bits per heavy atom. The molecule has 1 fully saturated rings. The van der Waals surface area contributed by atoms with Crippen LogP contribution in [-0.2, 0) is 9.84 Å². The van der Waals surface area contributed by atoms with Crippen molar-refractivity contribution in [1.29, 1.82) is 0 Å². The number of halogens is 1. The molecule has 1 aromatic rings. The maximum Gasteiger partial charge on any atom is 0.152 e. The first-order chi connectivity index (χ1) is 7.46. The number of anilines is 2. The molecule has 3 N–H and O–H groups in total. The number of sulfone groups is 1. The van der Waals surface area contributed by atoms with Crippen LogP contribution in [0.3, 0.4) is 0 Å². The number of nitrogen functional groups attached to an aromatic ring is 1. The van der Waals surface area contributed by atoms with Crippen LogP contribution in [0.4, 0.5) is 11.4 Å². The van der Waals surface area contributed by atoms with Gasteiger partial charge in [-0.25, -0.2) is 8.42 Å². The number of benzene rings is 1. The molecule has 1 aromatic carbocycles. The molecule has 0 radical (unpaired) electrons. The SMILES string of the molecule is Nc1cc(Cl)ccc1N[C@@H]1CCS(=O)(=O)C1. The average molecular weight is 261 g/mol. The molecule has 1 saturated heterocycles. The van der Waals surface area contributed by atoms with Crippen LogP contribution < -0.4 is 11.1 Å². The first-order valence-electron chi connectivity index (χ1n) is 4.98. The normalized spacial score (nSPS) is 23.2. The van der Waals surface area contributed by atoms with Crippen LogP contribution in [0.2, 0.25) is 5.02 Å². The fourth-order valence-corrected chi connectivity index (χ4v) is 3.65. The van der Waals surface area contributed by atoms with Gasteiger partial charge in [-0.1, -0.05) is 11.6 Å². The second kappa shape index (κ2) is 4.14. The van der Waals surface area contributed by atoms with E-state index in [1.54, 1.807) is 18.2 Å². The molecule has 0 spiro atoms. The van der Waals surface area contributed by atoms with Gasteiger partial charge in [0.1, 0.15) is 0 Å². The van der Waals surface area contributed by atoms with Crippen LogP contribution in [-0.4, -0.2) is 26.0 Å². The minimum absolute atomic E-state index is 0.0477. The van der Waals surface area contributed by atoms with Gasteiger partial charge < -0.3 is 11.1 Å². The highest BCUT2D eigenvalue weighted by molar-refractivity contribution is 7.91. The first kappa shape index (κ1) is 11.5. The molecule has 2 rings (SSSR count). The Labute approximate surface area is 99.7 Å². The lowest BCUT2D eigenvalue weighted by molar-refractivity contribution is 0.602. The Hall–Kier alpha value is -0.940. The van der Waals surface area contributed by atoms with Crippen molar-refractivity contribution in [2.24, 2.45) is 0 Å². The molecular weight excluding hydrogens is 248 g/mol. The van der Waals surface area contributed by atoms with Crippen LogP contribution >= 0.6 is 11.6 Å². The molecule has 0 aliphatic carbocycles. The lowest BCUT2D eigenvalue weighted by atomic mass is 10.2. The van der Waals surface area contributed by atoms with Crippen molar-refractivity contribution >= 4 is 32.8 Å². The Morgan fingerprint density at radius 2 is 2.19 bits per heavy atom. The van der Waals surface area contributed by atoms with Crippen LogP contribution in [0.5, 0.6) is 0 Å². The molecule has 0 saturated carbocycles. The van der Waals surface area contributed by atoms with Crippen molar-refractivity contribution in [2.75, 3.05) is 22.6 Å². The van der Waals surface area contributed by atoms with Crippen molar-refractivity contribution in [2.45, 2.75) is 12.5 Å². The quantitative estimate of drug-likeness (QED) is 0.791. The van der Waals surface area contributed by atoms with Crippen LogP contribution in [0.25, 0.3) is 0 Å². The molecule has 6 heteroatoms. The number of hydrogen-bond acceptors (Lipinski definition) is 4. The largest absolute Gasteiger partial charge is 0.397 e. The zero-order chi connectivity index (χ0) is 11.8. The summed E-state index contributed by atoms with van der Waals surface area (Å²) in [5, 5.41) is 3.70. The fourth-order valence-electron chi connectivity index (χ4n) is 1.79. The minimum atomic E-state index is -2.87. The maximum absolute atomic E-state index is 11.3. The van der Waals surface area contributed by atoms with Gasteiger partial charge in [-0.2, -0.15) is 0 Å². The van der Waals surface area contributed by atoms with E-state index in [1.165, 1.54) is 0 Å². The highest BCUT2D eigenvalue weighted by atomic mass is 35.5. The Bertz CT molecular complexity index is 502. The van der Waals surface area contributed by atoms with E-state index >= 15 is 0 Å². The molecular formula is C10H13ClN2O2S. The molecule has 1 heterocycles. The van der Waals surface area contributed by atoms with E-state index in [-0.39, 0.29) is 17.5 Å². The van der Waals surface area contributed by atoms with Crippen molar-refractivity contribution in [3.63, 3.8) is 0 Å². The molecule has 1 aliphatic heterocycles. The molecule has 0 bridgehead atoms. The summed E-state index contributed by atoms with van der Waals surface area (Å²) in [6, 6.07) is 5.09. The summed E-state index contributed by atoms with van der Waals surface area (Å²) in [4.78, 5) is 0. The van der Waals surface area contributed by atoms with Gasteiger partial charge in [0.2, 0.25) is 0 Å². The van der Waals surface area contributed by atoms with Crippen molar-refractivity contribution < 1.29 is 8.42 Å². The van der Waals surface area contributed by atoms with E-state index < -0.39 is 9.84 Å². The van der Waals surface area contributed by atoms with Crippen LogP contribution in [0.15, 0.2) is 18.2 Å². The standard InChI is InChI=1S/C10H13ClN2O2S/c11-7-1-2-10(9(12)5-7)13-8-3-4-16(14,15)6-8/h1-2,5,8,13H,3-4,6,12H2/t8-/m1/s1. The van der Waals surface area contributed by atoms with Gasteiger partial charge in [-0.05, 0) is 24.6 Å². The average Bonchev–Trinajstić information content (AvgIpc) is 2.51. The van der Waals surface area contributed by atoms with E-state index in [2.05, 4.69) is 5.32 Å². The number of nitrogens with two attached hydrogens (primary N) is 1. The second-order valence-corrected chi connectivity index (χ2v) is 6.64. The molecule has 16 heavy (non-hydrogen) atoms. The molecule has 4 nitrogen and oxygen atoms in total. The molecule has 0 aromatic heterocycles. The molecule has 1 aliphatic rings. The fraction of sp³-hybridized carbons (Fsp3) is 0.400. The number of nitrogens with one attached hydrogen (secondary N) is 1. The van der Waals surface area contributed by atoms with Gasteiger partial charge in [0.05, 0.1) is 22.9 Å². The number of hydrogen-bond donors (Lipinski definition) is 2. The maximum atomic E-state index is 11.3. The van der Waals surface area contributed by atoms with Gasteiger partial charge in [-0.15, -0.1) is 0 Å². The summed E-state index contributed by atoms with van der Waals surface area (Å²) in [5.74, 6) is 0.424. The van der Waals surface area contributed by atoms with Crippen LogP contribution in [0, 0.1) is 0 Å². The van der Waals surface area contributed by atoms with Crippen molar-refractivity contribution in [3.05, 3.63) is 23.2 Å². The molecule has 88 valence electrons. The van der Waals surface area contributed by atoms with Gasteiger partial charge in [0.25, 0.3) is 0 Å². The third-order valence-corrected chi connectivity index (χ3v) is 4.61. The predicted octanol–water partition coefficient (Wildman–Crippen LogP) is 1.52. The van der Waals surface area contributed by atoms with Gasteiger partial charge >= 0.3 is 0 Å². The highest BCUT2D eigenvalue weighted by Gasteiger charge is 2.27. The Balaban J connectivity index is 2.11. The Morgan fingerprint density at radius 1 is 1.44 bits per heavy atom. The van der Waals surface area contributed by atoms with E-state index in [0.717, 1.165) is 5.69 Å². The van der Waals surface area contributed by atoms with Gasteiger partial charge in [-0.3, -0.25) is 0 Å². The minimum Gasteiger partial charge on any atom is -0.397 e. The molecule has 0 amide bonds. The summed E-state index contributed by atoms with van der Waals surface area (Å²) in [7, 11) is -2.87. The summed E-state index contributed by atoms with van der Waals surface area (Å²) in [6.45, 7) is 0. The monoisotopic (exact) mass is 260 g/mol. The summed E-state index contributed by atoms with van der Waals surface area (Å²) in [6.07, 6.45) is 0.629. The van der Waals surface area contributed by atoms with E-state index in [0.29, 0.717) is 17.1 Å². The lowest BCUT2D eigenvalue weighted by Crippen LogP contribution is -2.21. The zero-order valence-corrected chi connectivity index (χ0v) is 10.2. The van der Waals surface area contributed by atoms with Crippen molar-refractivity contribution in [1.82, 2.24) is 0 Å². The second-order valence-electron chi connectivity index (χ2n) is 3.98. The molecule has 1 atom stereocenters. The van der Waals surface area contributed by atoms with E-state index in [4.69, 9.17) is 17.3 Å². The first-order valence-corrected chi connectivity index (χ1v) is 7.18. The predicted molar refractivity (Wildman–Crippen MR) is 66.5 cm³/mol. The topological polar surface area (TPSA) is 72.2 Å². The van der Waals surface area contributed by atoms with E-state index in [1.807, 2.05) is 0 Å². The summed E-state index contributed by atoms with van der Waals surface area (Å²) >= 11 is 5.78. The smallest absolute Gasteiger partial charge is 0.152 e. The summed E-state index contributed by atoms with van der Waals surface area (Å²) in [5.41, 5.74) is 7.05. The van der Waals surface area contributed by atoms with Crippen molar-refractivity contribution in [3.8, 4) is 0 Å².